The van der Waals surface area contributed by atoms with Gasteiger partial charge in [-0.15, -0.1) is 11.3 Å². The molecule has 1 aliphatic rings. The third-order valence-corrected chi connectivity index (χ3v) is 5.02. The van der Waals surface area contributed by atoms with Gasteiger partial charge in [-0.1, -0.05) is 17.7 Å². The summed E-state index contributed by atoms with van der Waals surface area (Å²) in [5, 5.41) is 3.44. The van der Waals surface area contributed by atoms with E-state index >= 15 is 0 Å². The van der Waals surface area contributed by atoms with Crippen molar-refractivity contribution in [2.45, 2.75) is 39.3 Å². The highest BCUT2D eigenvalue weighted by Crippen LogP contribution is 2.43. The molecule has 0 bridgehead atoms. The third-order valence-electron chi connectivity index (χ3n) is 4.03. The monoisotopic (exact) mass is 287 g/mol. The Morgan fingerprint density at radius 3 is 2.60 bits per heavy atom. The predicted octanol–water partition coefficient (Wildman–Crippen LogP) is 4.46. The van der Waals surface area contributed by atoms with Crippen LogP contribution in [0, 0.1) is 20.8 Å². The fourth-order valence-electron chi connectivity index (χ4n) is 3.02. The van der Waals surface area contributed by atoms with Crippen LogP contribution < -0.4 is 10.1 Å². The largest absolute Gasteiger partial charge is 0.485 e. The number of hydrogen-bond acceptors (Lipinski definition) is 3. The van der Waals surface area contributed by atoms with Crippen LogP contribution in [0.15, 0.2) is 24.3 Å². The first-order valence-electron chi connectivity index (χ1n) is 7.10. The van der Waals surface area contributed by atoms with Crippen LogP contribution in [0.3, 0.4) is 0 Å². The van der Waals surface area contributed by atoms with E-state index in [4.69, 9.17) is 4.74 Å². The van der Waals surface area contributed by atoms with Gasteiger partial charge in [-0.2, -0.15) is 0 Å². The summed E-state index contributed by atoms with van der Waals surface area (Å²) < 4.78 is 6.27. The van der Waals surface area contributed by atoms with E-state index in [0.29, 0.717) is 6.04 Å². The van der Waals surface area contributed by atoms with E-state index in [-0.39, 0.29) is 6.10 Å². The molecule has 3 rings (SSSR count). The average Bonchev–Trinajstić information content (AvgIpc) is 2.76. The summed E-state index contributed by atoms with van der Waals surface area (Å²) in [6.45, 7) is 6.48. The fourth-order valence-corrected chi connectivity index (χ4v) is 4.00. The molecule has 2 heterocycles. The van der Waals surface area contributed by atoms with Crippen molar-refractivity contribution in [3.63, 3.8) is 0 Å². The van der Waals surface area contributed by atoms with Gasteiger partial charge in [0.2, 0.25) is 0 Å². The minimum Gasteiger partial charge on any atom is -0.485 e. The molecule has 0 saturated heterocycles. The predicted molar refractivity (Wildman–Crippen MR) is 84.8 cm³/mol. The van der Waals surface area contributed by atoms with E-state index in [1.807, 2.05) is 18.4 Å². The van der Waals surface area contributed by atoms with Crippen molar-refractivity contribution in [3.8, 4) is 5.75 Å². The summed E-state index contributed by atoms with van der Waals surface area (Å²) >= 11 is 1.86. The minimum absolute atomic E-state index is 0.160. The molecule has 0 radical (unpaired) electrons. The van der Waals surface area contributed by atoms with Crippen LogP contribution in [0.1, 0.15) is 45.0 Å². The maximum absolute atomic E-state index is 6.27. The molecule has 0 spiro atoms. The molecule has 1 aromatic heterocycles. The van der Waals surface area contributed by atoms with Crippen LogP contribution in [-0.4, -0.2) is 7.05 Å². The smallest absolute Gasteiger partial charge is 0.127 e. The van der Waals surface area contributed by atoms with Crippen molar-refractivity contribution in [1.29, 1.82) is 0 Å². The summed E-state index contributed by atoms with van der Waals surface area (Å²) in [4.78, 5) is 2.73. The van der Waals surface area contributed by atoms with Crippen LogP contribution in [0.2, 0.25) is 0 Å². The first-order valence-corrected chi connectivity index (χ1v) is 7.91. The van der Waals surface area contributed by atoms with Crippen molar-refractivity contribution in [2.24, 2.45) is 0 Å². The van der Waals surface area contributed by atoms with Gasteiger partial charge in [-0.25, -0.2) is 0 Å². The molecule has 2 atom stereocenters. The lowest BCUT2D eigenvalue weighted by Gasteiger charge is -2.32. The third kappa shape index (κ3) is 2.36. The van der Waals surface area contributed by atoms with Gasteiger partial charge in [-0.3, -0.25) is 0 Å². The van der Waals surface area contributed by atoms with E-state index in [9.17, 15) is 0 Å². The zero-order valence-corrected chi connectivity index (χ0v) is 13.3. The number of thiophene rings is 1. The molecule has 2 unspecified atom stereocenters. The molecule has 2 nitrogen and oxygen atoms in total. The van der Waals surface area contributed by atoms with Crippen LogP contribution in [0.25, 0.3) is 0 Å². The van der Waals surface area contributed by atoms with Crippen molar-refractivity contribution in [3.05, 3.63) is 50.7 Å². The number of hydrogen-bond donors (Lipinski definition) is 1. The van der Waals surface area contributed by atoms with E-state index in [1.54, 1.807) is 0 Å². The Hall–Kier alpha value is -1.32. The zero-order valence-electron chi connectivity index (χ0n) is 12.5. The topological polar surface area (TPSA) is 21.3 Å². The minimum atomic E-state index is 0.160. The zero-order chi connectivity index (χ0) is 14.3. The molecule has 0 saturated carbocycles. The lowest BCUT2D eigenvalue weighted by atomic mass is 9.92. The summed E-state index contributed by atoms with van der Waals surface area (Å²) in [5.74, 6) is 1.02. The molecule has 3 heteroatoms. The number of ether oxygens (including phenoxy) is 1. The molecule has 1 N–H and O–H groups in total. The molecule has 0 fully saturated rings. The second-order valence-corrected chi connectivity index (χ2v) is 7.05. The first kappa shape index (κ1) is 13.7. The Morgan fingerprint density at radius 1 is 1.15 bits per heavy atom. The second-order valence-electron chi connectivity index (χ2n) is 5.59. The van der Waals surface area contributed by atoms with Gasteiger partial charge in [0.15, 0.2) is 0 Å². The SMILES string of the molecule is CNC1CC(c2cc(C)sc2C)Oc2ccc(C)cc21. The van der Waals surface area contributed by atoms with E-state index < -0.39 is 0 Å². The fraction of sp³-hybridized carbons (Fsp3) is 0.412. The lowest BCUT2D eigenvalue weighted by molar-refractivity contribution is 0.153. The Kier molecular flexibility index (Phi) is 3.57. The van der Waals surface area contributed by atoms with Crippen molar-refractivity contribution in [2.75, 3.05) is 7.05 Å². The van der Waals surface area contributed by atoms with Crippen LogP contribution in [-0.2, 0) is 0 Å². The van der Waals surface area contributed by atoms with Gasteiger partial charge in [-0.05, 0) is 40.0 Å². The number of nitrogens with one attached hydrogen (secondary N) is 1. The normalized spacial score (nSPS) is 21.4. The molecule has 1 aliphatic heterocycles. The molecule has 1 aromatic carbocycles. The Bertz CT molecular complexity index is 632. The number of benzene rings is 1. The maximum atomic E-state index is 6.27. The summed E-state index contributed by atoms with van der Waals surface area (Å²) in [5.41, 5.74) is 3.92. The Labute approximate surface area is 124 Å². The van der Waals surface area contributed by atoms with Gasteiger partial charge in [0, 0.05) is 33.3 Å². The molecule has 0 aliphatic carbocycles. The van der Waals surface area contributed by atoms with E-state index in [1.165, 1.54) is 26.4 Å². The highest BCUT2D eigenvalue weighted by Gasteiger charge is 2.29. The number of fused-ring (bicyclic) bond motifs is 1. The lowest BCUT2D eigenvalue weighted by Crippen LogP contribution is -2.26. The molecule has 106 valence electrons. The first-order chi connectivity index (χ1) is 9.58. The van der Waals surface area contributed by atoms with Crippen molar-refractivity contribution >= 4 is 11.3 Å². The van der Waals surface area contributed by atoms with Gasteiger partial charge in [0.05, 0.1) is 0 Å². The van der Waals surface area contributed by atoms with Crippen molar-refractivity contribution < 1.29 is 4.74 Å². The number of rotatable bonds is 2. The van der Waals surface area contributed by atoms with Gasteiger partial charge >= 0.3 is 0 Å². The van der Waals surface area contributed by atoms with Crippen LogP contribution in [0.5, 0.6) is 5.75 Å². The molecule has 0 amide bonds. The summed E-state index contributed by atoms with van der Waals surface area (Å²) in [7, 11) is 2.03. The highest BCUT2D eigenvalue weighted by molar-refractivity contribution is 7.12. The van der Waals surface area contributed by atoms with Gasteiger partial charge in [0.25, 0.3) is 0 Å². The molecule has 2 aromatic rings. The van der Waals surface area contributed by atoms with Gasteiger partial charge in [0.1, 0.15) is 11.9 Å². The molecular formula is C17H21NOS. The van der Waals surface area contributed by atoms with Crippen LogP contribution in [0.4, 0.5) is 0 Å². The summed E-state index contributed by atoms with van der Waals surface area (Å²) in [6, 6.07) is 9.10. The van der Waals surface area contributed by atoms with E-state index in [2.05, 4.69) is 50.4 Å². The van der Waals surface area contributed by atoms with Gasteiger partial charge < -0.3 is 10.1 Å². The average molecular weight is 287 g/mol. The van der Waals surface area contributed by atoms with Crippen molar-refractivity contribution in [1.82, 2.24) is 5.32 Å². The maximum Gasteiger partial charge on any atom is 0.127 e. The van der Waals surface area contributed by atoms with E-state index in [0.717, 1.165) is 12.2 Å². The standard InChI is InChI=1S/C17H21NOS/c1-10-5-6-16-14(7-10)15(18-4)9-17(19-16)13-8-11(2)20-12(13)3/h5-8,15,17-18H,9H2,1-4H3. The number of aryl methyl sites for hydroxylation is 3. The molecule has 20 heavy (non-hydrogen) atoms. The highest BCUT2D eigenvalue weighted by atomic mass is 32.1. The van der Waals surface area contributed by atoms with Crippen LogP contribution >= 0.6 is 11.3 Å². The molecular weight excluding hydrogens is 266 g/mol. The Balaban J connectivity index is 1.98. The Morgan fingerprint density at radius 2 is 1.95 bits per heavy atom. The quantitative estimate of drug-likeness (QED) is 0.880. The second kappa shape index (κ2) is 5.23. The summed E-state index contributed by atoms with van der Waals surface area (Å²) in [6.07, 6.45) is 1.15.